The molecule has 0 unspecified atom stereocenters. The lowest BCUT2D eigenvalue weighted by Crippen LogP contribution is -2.35. The lowest BCUT2D eigenvalue weighted by atomic mass is 10.3. The zero-order valence-corrected chi connectivity index (χ0v) is 11.2. The first-order chi connectivity index (χ1) is 9.21. The Kier molecular flexibility index (Phi) is 6.22. The van der Waals surface area contributed by atoms with Crippen LogP contribution in [0.1, 0.15) is 0 Å². The molecule has 0 aliphatic rings. The van der Waals surface area contributed by atoms with Crippen molar-refractivity contribution < 1.29 is 14.3 Å². The third-order valence-electron chi connectivity index (χ3n) is 2.46. The SMILES string of the molecule is C=CCN(CC=C)C(=O)COc1cccc(OC)c1. The lowest BCUT2D eigenvalue weighted by molar-refractivity contribution is -0.132. The molecule has 1 aromatic rings. The Morgan fingerprint density at radius 1 is 1.26 bits per heavy atom. The van der Waals surface area contributed by atoms with E-state index >= 15 is 0 Å². The van der Waals surface area contributed by atoms with Crippen molar-refractivity contribution in [2.75, 3.05) is 26.8 Å². The first-order valence-corrected chi connectivity index (χ1v) is 5.97. The Morgan fingerprint density at radius 3 is 2.47 bits per heavy atom. The molecule has 0 bridgehead atoms. The quantitative estimate of drug-likeness (QED) is 0.674. The predicted molar refractivity (Wildman–Crippen MR) is 75.5 cm³/mol. The minimum atomic E-state index is -0.109. The standard InChI is InChI=1S/C15H19NO3/c1-4-9-16(10-5-2)15(17)12-19-14-8-6-7-13(11-14)18-3/h4-8,11H,1-2,9-10,12H2,3H3. The maximum atomic E-state index is 11.9. The van der Waals surface area contributed by atoms with E-state index in [-0.39, 0.29) is 12.5 Å². The van der Waals surface area contributed by atoms with Gasteiger partial charge in [-0.05, 0) is 12.1 Å². The van der Waals surface area contributed by atoms with Gasteiger partial charge in [0.25, 0.3) is 5.91 Å². The number of carbonyl (C=O) groups is 1. The molecule has 1 aromatic carbocycles. The summed E-state index contributed by atoms with van der Waals surface area (Å²) in [4.78, 5) is 13.5. The van der Waals surface area contributed by atoms with Gasteiger partial charge in [-0.2, -0.15) is 0 Å². The highest BCUT2D eigenvalue weighted by atomic mass is 16.5. The molecule has 4 heteroatoms. The van der Waals surface area contributed by atoms with Gasteiger partial charge in [-0.25, -0.2) is 0 Å². The highest BCUT2D eigenvalue weighted by molar-refractivity contribution is 5.78. The Labute approximate surface area is 113 Å². The normalized spacial score (nSPS) is 9.53. The summed E-state index contributed by atoms with van der Waals surface area (Å²) < 4.78 is 10.5. The van der Waals surface area contributed by atoms with Crippen LogP contribution in [-0.2, 0) is 4.79 Å². The van der Waals surface area contributed by atoms with E-state index in [1.54, 1.807) is 36.3 Å². The van der Waals surface area contributed by atoms with Crippen LogP contribution in [0.25, 0.3) is 0 Å². The van der Waals surface area contributed by atoms with E-state index in [4.69, 9.17) is 9.47 Å². The van der Waals surface area contributed by atoms with Crippen molar-refractivity contribution in [3.05, 3.63) is 49.6 Å². The molecule has 0 aliphatic heterocycles. The highest BCUT2D eigenvalue weighted by Gasteiger charge is 2.11. The van der Waals surface area contributed by atoms with E-state index in [0.717, 1.165) is 0 Å². The molecular formula is C15H19NO3. The van der Waals surface area contributed by atoms with Gasteiger partial charge in [0.05, 0.1) is 7.11 Å². The average molecular weight is 261 g/mol. The maximum Gasteiger partial charge on any atom is 0.261 e. The molecule has 0 fully saturated rings. The Balaban J connectivity index is 2.56. The molecule has 102 valence electrons. The van der Waals surface area contributed by atoms with Crippen molar-refractivity contribution in [1.29, 1.82) is 0 Å². The Morgan fingerprint density at radius 2 is 1.89 bits per heavy atom. The predicted octanol–water partition coefficient (Wildman–Crippen LogP) is 2.27. The summed E-state index contributed by atoms with van der Waals surface area (Å²) in [5.74, 6) is 1.19. The molecule has 0 N–H and O–H groups in total. The van der Waals surface area contributed by atoms with Crippen LogP contribution in [0.2, 0.25) is 0 Å². The van der Waals surface area contributed by atoms with Crippen LogP contribution in [0, 0.1) is 0 Å². The van der Waals surface area contributed by atoms with Crippen molar-refractivity contribution in [1.82, 2.24) is 4.90 Å². The molecule has 4 nitrogen and oxygen atoms in total. The molecule has 0 aliphatic carbocycles. The van der Waals surface area contributed by atoms with E-state index in [1.165, 1.54) is 0 Å². The number of hydrogen-bond donors (Lipinski definition) is 0. The summed E-state index contributed by atoms with van der Waals surface area (Å²) in [7, 11) is 1.58. The number of nitrogens with zero attached hydrogens (tertiary/aromatic N) is 1. The number of carbonyl (C=O) groups excluding carboxylic acids is 1. The maximum absolute atomic E-state index is 11.9. The summed E-state index contributed by atoms with van der Waals surface area (Å²) in [6, 6.07) is 7.14. The first-order valence-electron chi connectivity index (χ1n) is 5.97. The zero-order valence-electron chi connectivity index (χ0n) is 11.2. The summed E-state index contributed by atoms with van der Waals surface area (Å²) >= 11 is 0. The van der Waals surface area contributed by atoms with Crippen molar-refractivity contribution >= 4 is 5.91 Å². The fraction of sp³-hybridized carbons (Fsp3) is 0.267. The van der Waals surface area contributed by atoms with Crippen LogP contribution in [0.15, 0.2) is 49.6 Å². The number of rotatable bonds is 8. The Bertz CT molecular complexity index is 433. The summed E-state index contributed by atoms with van der Waals surface area (Å²) in [6.45, 7) is 8.18. The van der Waals surface area contributed by atoms with E-state index in [2.05, 4.69) is 13.2 Å². The largest absolute Gasteiger partial charge is 0.497 e. The van der Waals surface area contributed by atoms with Crippen molar-refractivity contribution in [3.63, 3.8) is 0 Å². The monoisotopic (exact) mass is 261 g/mol. The number of ether oxygens (including phenoxy) is 2. The fourth-order valence-electron chi connectivity index (χ4n) is 1.52. The Hall–Kier alpha value is -2.23. The zero-order chi connectivity index (χ0) is 14.1. The van der Waals surface area contributed by atoms with Gasteiger partial charge in [-0.15, -0.1) is 13.2 Å². The summed E-state index contributed by atoms with van der Waals surface area (Å²) in [6.07, 6.45) is 3.35. The van der Waals surface area contributed by atoms with E-state index < -0.39 is 0 Å². The highest BCUT2D eigenvalue weighted by Crippen LogP contribution is 2.18. The third-order valence-corrected chi connectivity index (χ3v) is 2.46. The number of methoxy groups -OCH3 is 1. The summed E-state index contributed by atoms with van der Waals surface area (Å²) in [5, 5.41) is 0. The topological polar surface area (TPSA) is 38.8 Å². The smallest absolute Gasteiger partial charge is 0.261 e. The molecule has 0 heterocycles. The molecule has 0 atom stereocenters. The molecule has 19 heavy (non-hydrogen) atoms. The molecule has 1 amide bonds. The second-order valence-electron chi connectivity index (χ2n) is 3.84. The second kappa shape index (κ2) is 7.97. The average Bonchev–Trinajstić information content (AvgIpc) is 2.44. The first kappa shape index (κ1) is 14.8. The fourth-order valence-corrected chi connectivity index (χ4v) is 1.52. The second-order valence-corrected chi connectivity index (χ2v) is 3.84. The van der Waals surface area contributed by atoms with Gasteiger partial charge in [0, 0.05) is 19.2 Å². The van der Waals surface area contributed by atoms with E-state index in [0.29, 0.717) is 24.6 Å². The van der Waals surface area contributed by atoms with Gasteiger partial charge >= 0.3 is 0 Å². The number of amides is 1. The van der Waals surface area contributed by atoms with Crippen LogP contribution >= 0.6 is 0 Å². The molecule has 0 spiro atoms. The van der Waals surface area contributed by atoms with Gasteiger partial charge in [0.15, 0.2) is 6.61 Å². The molecule has 0 aromatic heterocycles. The minimum absolute atomic E-state index is 0.0190. The van der Waals surface area contributed by atoms with Gasteiger partial charge in [0.1, 0.15) is 11.5 Å². The number of benzene rings is 1. The van der Waals surface area contributed by atoms with Crippen molar-refractivity contribution in [3.8, 4) is 11.5 Å². The van der Waals surface area contributed by atoms with Crippen LogP contribution < -0.4 is 9.47 Å². The summed E-state index contributed by atoms with van der Waals surface area (Å²) in [5.41, 5.74) is 0. The van der Waals surface area contributed by atoms with Crippen LogP contribution in [-0.4, -0.2) is 37.6 Å². The van der Waals surface area contributed by atoms with Crippen molar-refractivity contribution in [2.24, 2.45) is 0 Å². The van der Waals surface area contributed by atoms with Crippen LogP contribution in [0.3, 0.4) is 0 Å². The van der Waals surface area contributed by atoms with Gasteiger partial charge < -0.3 is 14.4 Å². The lowest BCUT2D eigenvalue weighted by Gasteiger charge is -2.19. The van der Waals surface area contributed by atoms with Crippen molar-refractivity contribution in [2.45, 2.75) is 0 Å². The van der Waals surface area contributed by atoms with Crippen LogP contribution in [0.5, 0.6) is 11.5 Å². The molecular weight excluding hydrogens is 242 g/mol. The van der Waals surface area contributed by atoms with Crippen LogP contribution in [0.4, 0.5) is 0 Å². The molecule has 0 radical (unpaired) electrons. The molecule has 0 saturated carbocycles. The molecule has 0 saturated heterocycles. The van der Waals surface area contributed by atoms with Gasteiger partial charge in [0.2, 0.25) is 0 Å². The van der Waals surface area contributed by atoms with Gasteiger partial charge in [-0.1, -0.05) is 18.2 Å². The third kappa shape index (κ3) is 4.87. The van der Waals surface area contributed by atoms with E-state index in [1.807, 2.05) is 12.1 Å². The van der Waals surface area contributed by atoms with Gasteiger partial charge in [-0.3, -0.25) is 4.79 Å². The number of hydrogen-bond acceptors (Lipinski definition) is 3. The molecule has 1 rings (SSSR count). The minimum Gasteiger partial charge on any atom is -0.497 e. The van der Waals surface area contributed by atoms with E-state index in [9.17, 15) is 4.79 Å².